The molecule has 0 radical (unpaired) electrons. The van der Waals surface area contributed by atoms with Crippen LogP contribution in [0.4, 0.5) is 5.69 Å². The monoisotopic (exact) mass is 415 g/mol. The van der Waals surface area contributed by atoms with E-state index in [4.69, 9.17) is 0 Å². The molecule has 3 rings (SSSR count). The first-order valence-electron chi connectivity index (χ1n) is 10.1. The van der Waals surface area contributed by atoms with E-state index in [2.05, 4.69) is 16.0 Å². The van der Waals surface area contributed by atoms with Crippen LogP contribution in [0, 0.1) is 0 Å². The third-order valence-electron chi connectivity index (χ3n) is 4.77. The standard InChI is InChI=1S/C25H25N3O3/c1-18(19-10-4-2-5-11-19)27-25(31)21-14-8-9-15-22(21)28-23(29)16-17-26-24(30)20-12-6-3-7-13-20/h2-15,18H,16-17H2,1H3,(H,26,30)(H,27,31)(H,28,29). The Balaban J connectivity index is 1.55. The van der Waals surface area contributed by atoms with Crippen LogP contribution in [0.15, 0.2) is 84.9 Å². The minimum atomic E-state index is -0.287. The molecule has 3 N–H and O–H groups in total. The lowest BCUT2D eigenvalue weighted by Crippen LogP contribution is -2.29. The van der Waals surface area contributed by atoms with Gasteiger partial charge < -0.3 is 16.0 Å². The highest BCUT2D eigenvalue weighted by atomic mass is 16.2. The van der Waals surface area contributed by atoms with Crippen LogP contribution in [-0.4, -0.2) is 24.3 Å². The van der Waals surface area contributed by atoms with Gasteiger partial charge in [-0.05, 0) is 36.8 Å². The Labute approximate surface area is 181 Å². The summed E-state index contributed by atoms with van der Waals surface area (Å²) in [6.45, 7) is 2.10. The van der Waals surface area contributed by atoms with Gasteiger partial charge in [0.15, 0.2) is 0 Å². The molecule has 0 spiro atoms. The lowest BCUT2D eigenvalue weighted by atomic mass is 10.1. The molecule has 3 aromatic rings. The van der Waals surface area contributed by atoms with Crippen LogP contribution in [0.2, 0.25) is 0 Å². The van der Waals surface area contributed by atoms with Gasteiger partial charge >= 0.3 is 0 Å². The fourth-order valence-corrected chi connectivity index (χ4v) is 3.08. The van der Waals surface area contributed by atoms with Gasteiger partial charge in [-0.2, -0.15) is 0 Å². The molecule has 3 amide bonds. The van der Waals surface area contributed by atoms with E-state index < -0.39 is 0 Å². The quantitative estimate of drug-likeness (QED) is 0.521. The van der Waals surface area contributed by atoms with Crippen molar-refractivity contribution in [2.45, 2.75) is 19.4 Å². The molecule has 6 heteroatoms. The molecule has 1 atom stereocenters. The minimum absolute atomic E-state index is 0.0922. The molecule has 158 valence electrons. The molecule has 0 aliphatic heterocycles. The van der Waals surface area contributed by atoms with Crippen molar-refractivity contribution in [1.29, 1.82) is 0 Å². The van der Waals surface area contributed by atoms with Crippen molar-refractivity contribution in [3.05, 3.63) is 102 Å². The number of nitrogens with one attached hydrogen (secondary N) is 3. The predicted molar refractivity (Wildman–Crippen MR) is 121 cm³/mol. The van der Waals surface area contributed by atoms with E-state index in [1.54, 1.807) is 48.5 Å². The van der Waals surface area contributed by atoms with Crippen molar-refractivity contribution < 1.29 is 14.4 Å². The molecule has 0 aromatic heterocycles. The first kappa shape index (κ1) is 21.8. The number of hydrogen-bond donors (Lipinski definition) is 3. The summed E-state index contributed by atoms with van der Waals surface area (Å²) in [5.41, 5.74) is 2.34. The fourth-order valence-electron chi connectivity index (χ4n) is 3.08. The van der Waals surface area contributed by atoms with Crippen molar-refractivity contribution in [2.24, 2.45) is 0 Å². The Kier molecular flexibility index (Phi) is 7.54. The Morgan fingerprint density at radius 2 is 1.39 bits per heavy atom. The van der Waals surface area contributed by atoms with Crippen LogP contribution in [0.25, 0.3) is 0 Å². The summed E-state index contributed by atoms with van der Waals surface area (Å²) in [7, 11) is 0. The zero-order chi connectivity index (χ0) is 22.1. The Morgan fingerprint density at radius 1 is 0.774 bits per heavy atom. The maximum atomic E-state index is 12.8. The van der Waals surface area contributed by atoms with E-state index >= 15 is 0 Å². The largest absolute Gasteiger partial charge is 0.352 e. The molecule has 0 heterocycles. The molecule has 0 saturated heterocycles. The maximum absolute atomic E-state index is 12.8. The van der Waals surface area contributed by atoms with Crippen molar-refractivity contribution in [2.75, 3.05) is 11.9 Å². The Bertz CT molecular complexity index is 1040. The molecule has 0 fully saturated rings. The number of benzene rings is 3. The van der Waals surface area contributed by atoms with Gasteiger partial charge in [0.1, 0.15) is 0 Å². The average molecular weight is 415 g/mol. The van der Waals surface area contributed by atoms with Gasteiger partial charge in [0.2, 0.25) is 5.91 Å². The summed E-state index contributed by atoms with van der Waals surface area (Å²) in [5, 5.41) is 8.44. The zero-order valence-corrected chi connectivity index (χ0v) is 17.3. The van der Waals surface area contributed by atoms with Gasteiger partial charge in [-0.1, -0.05) is 60.7 Å². The topological polar surface area (TPSA) is 87.3 Å². The number of rotatable bonds is 8. The van der Waals surface area contributed by atoms with Crippen molar-refractivity contribution in [1.82, 2.24) is 10.6 Å². The van der Waals surface area contributed by atoms with Crippen LogP contribution in [0.5, 0.6) is 0 Å². The highest BCUT2D eigenvalue weighted by Gasteiger charge is 2.16. The van der Waals surface area contributed by atoms with Gasteiger partial charge in [0.05, 0.1) is 17.3 Å². The summed E-state index contributed by atoms with van der Waals surface area (Å²) in [6.07, 6.45) is 0.0922. The van der Waals surface area contributed by atoms with Gasteiger partial charge in [0.25, 0.3) is 11.8 Å². The van der Waals surface area contributed by atoms with E-state index in [1.165, 1.54) is 0 Å². The van der Waals surface area contributed by atoms with Gasteiger partial charge in [0, 0.05) is 18.5 Å². The van der Waals surface area contributed by atoms with Gasteiger partial charge in [-0.25, -0.2) is 0 Å². The summed E-state index contributed by atoms with van der Waals surface area (Å²) in [5.74, 6) is -0.794. The number of anilines is 1. The number of carbonyl (C=O) groups is 3. The van der Waals surface area contributed by atoms with Crippen LogP contribution in [-0.2, 0) is 4.79 Å². The fraction of sp³-hybridized carbons (Fsp3) is 0.160. The van der Waals surface area contributed by atoms with Crippen molar-refractivity contribution >= 4 is 23.4 Å². The first-order valence-corrected chi connectivity index (χ1v) is 10.1. The number of amides is 3. The highest BCUT2D eigenvalue weighted by molar-refractivity contribution is 6.04. The molecule has 3 aromatic carbocycles. The Morgan fingerprint density at radius 3 is 2.10 bits per heavy atom. The SMILES string of the molecule is CC(NC(=O)c1ccccc1NC(=O)CCNC(=O)c1ccccc1)c1ccccc1. The first-order chi connectivity index (χ1) is 15.0. The minimum Gasteiger partial charge on any atom is -0.352 e. The summed E-state index contributed by atoms with van der Waals surface area (Å²) in [4.78, 5) is 37.2. The molecular weight excluding hydrogens is 390 g/mol. The highest BCUT2D eigenvalue weighted by Crippen LogP contribution is 2.18. The van der Waals surface area contributed by atoms with Gasteiger partial charge in [-0.3, -0.25) is 14.4 Å². The third-order valence-corrected chi connectivity index (χ3v) is 4.77. The van der Waals surface area contributed by atoms with E-state index in [0.29, 0.717) is 16.8 Å². The van der Waals surface area contributed by atoms with Crippen LogP contribution in [0.1, 0.15) is 45.7 Å². The lowest BCUT2D eigenvalue weighted by Gasteiger charge is -2.16. The van der Waals surface area contributed by atoms with Gasteiger partial charge in [-0.15, -0.1) is 0 Å². The summed E-state index contributed by atoms with van der Waals surface area (Å²) in [6, 6.07) is 25.1. The zero-order valence-electron chi connectivity index (χ0n) is 17.3. The van der Waals surface area contributed by atoms with Crippen LogP contribution < -0.4 is 16.0 Å². The lowest BCUT2D eigenvalue weighted by molar-refractivity contribution is -0.116. The second kappa shape index (κ2) is 10.7. The molecule has 31 heavy (non-hydrogen) atoms. The molecule has 0 bridgehead atoms. The predicted octanol–water partition coefficient (Wildman–Crippen LogP) is 3.94. The molecular formula is C25H25N3O3. The third kappa shape index (κ3) is 6.27. The molecule has 0 aliphatic rings. The molecule has 1 unspecified atom stereocenters. The van der Waals surface area contributed by atoms with E-state index in [9.17, 15) is 14.4 Å². The van der Waals surface area contributed by atoms with Crippen molar-refractivity contribution in [3.63, 3.8) is 0 Å². The van der Waals surface area contributed by atoms with Crippen LogP contribution in [0.3, 0.4) is 0 Å². The molecule has 6 nitrogen and oxygen atoms in total. The van der Waals surface area contributed by atoms with Crippen molar-refractivity contribution in [3.8, 4) is 0 Å². The average Bonchev–Trinajstić information content (AvgIpc) is 2.80. The number of para-hydroxylation sites is 1. The summed E-state index contributed by atoms with van der Waals surface area (Å²) < 4.78 is 0. The second-order valence-electron chi connectivity index (χ2n) is 7.07. The maximum Gasteiger partial charge on any atom is 0.253 e. The normalized spacial score (nSPS) is 11.3. The molecule has 0 saturated carbocycles. The number of hydrogen-bond acceptors (Lipinski definition) is 3. The van der Waals surface area contributed by atoms with Crippen LogP contribution >= 0.6 is 0 Å². The number of carbonyl (C=O) groups excluding carboxylic acids is 3. The second-order valence-corrected chi connectivity index (χ2v) is 7.07. The molecule has 0 aliphatic carbocycles. The van der Waals surface area contributed by atoms with E-state index in [0.717, 1.165) is 5.56 Å². The summed E-state index contributed by atoms with van der Waals surface area (Å²) >= 11 is 0. The van der Waals surface area contributed by atoms with E-state index in [1.807, 2.05) is 43.3 Å². The van der Waals surface area contributed by atoms with E-state index in [-0.39, 0.29) is 36.7 Å². The smallest absolute Gasteiger partial charge is 0.253 e. The Hall–Kier alpha value is -3.93.